The van der Waals surface area contributed by atoms with Gasteiger partial charge in [-0.3, -0.25) is 5.43 Å². The second-order valence-corrected chi connectivity index (χ2v) is 5.23. The molecule has 0 heterocycles. The monoisotopic (exact) mass is 325 g/mol. The highest BCUT2D eigenvalue weighted by molar-refractivity contribution is 7.80. The first kappa shape index (κ1) is 16.7. The van der Waals surface area contributed by atoms with Gasteiger partial charge in [-0.1, -0.05) is 48.5 Å². The van der Waals surface area contributed by atoms with Gasteiger partial charge in [-0.15, -0.1) is 0 Å². The number of ether oxygens (including phenoxy) is 1. The lowest BCUT2D eigenvalue weighted by atomic mass is 10.1. The molecule has 2 aromatic carbocycles. The molecular weight excluding hydrogens is 306 g/mol. The molecule has 0 fully saturated rings. The number of allylic oxidation sites excluding steroid dienone is 1. The minimum Gasteiger partial charge on any atom is -0.495 e. The van der Waals surface area contributed by atoms with Crippen molar-refractivity contribution in [2.75, 3.05) is 12.4 Å². The zero-order chi connectivity index (χ0) is 16.5. The van der Waals surface area contributed by atoms with Gasteiger partial charge in [-0.2, -0.15) is 5.10 Å². The molecule has 0 unspecified atom stereocenters. The largest absolute Gasteiger partial charge is 0.495 e. The van der Waals surface area contributed by atoms with Crippen molar-refractivity contribution in [1.29, 1.82) is 0 Å². The number of benzene rings is 2. The molecular formula is C18H19N3OS. The summed E-state index contributed by atoms with van der Waals surface area (Å²) in [4.78, 5) is 0. The molecule has 0 aliphatic heterocycles. The number of anilines is 1. The molecule has 2 N–H and O–H groups in total. The van der Waals surface area contributed by atoms with Crippen molar-refractivity contribution in [1.82, 2.24) is 5.43 Å². The number of para-hydroxylation sites is 2. The lowest BCUT2D eigenvalue weighted by molar-refractivity contribution is 0.417. The Bertz CT molecular complexity index is 711. The zero-order valence-corrected chi connectivity index (χ0v) is 13.9. The molecule has 2 aromatic rings. The van der Waals surface area contributed by atoms with Crippen molar-refractivity contribution in [2.24, 2.45) is 5.10 Å². The molecule has 118 valence electrons. The molecule has 0 aliphatic carbocycles. The van der Waals surface area contributed by atoms with Crippen LogP contribution >= 0.6 is 12.2 Å². The van der Waals surface area contributed by atoms with E-state index >= 15 is 0 Å². The van der Waals surface area contributed by atoms with Crippen LogP contribution in [0, 0.1) is 0 Å². The van der Waals surface area contributed by atoms with Gasteiger partial charge in [0.05, 0.1) is 19.0 Å². The summed E-state index contributed by atoms with van der Waals surface area (Å²) >= 11 is 5.21. The topological polar surface area (TPSA) is 45.6 Å². The Labute approximate surface area is 141 Å². The smallest absolute Gasteiger partial charge is 0.191 e. The molecule has 0 saturated heterocycles. The van der Waals surface area contributed by atoms with E-state index in [1.807, 2.05) is 67.6 Å². The summed E-state index contributed by atoms with van der Waals surface area (Å²) in [6.45, 7) is 1.98. The van der Waals surface area contributed by atoms with Crippen LogP contribution in [0.3, 0.4) is 0 Å². The summed E-state index contributed by atoms with van der Waals surface area (Å²) in [5.41, 5.74) is 5.73. The van der Waals surface area contributed by atoms with E-state index in [1.165, 1.54) is 0 Å². The van der Waals surface area contributed by atoms with Crippen molar-refractivity contribution in [3.05, 3.63) is 65.7 Å². The number of hydrazone groups is 1. The summed E-state index contributed by atoms with van der Waals surface area (Å²) in [5.74, 6) is 0.723. The third-order valence-corrected chi connectivity index (χ3v) is 3.18. The minimum absolute atomic E-state index is 0.401. The third-order valence-electron chi connectivity index (χ3n) is 2.98. The maximum absolute atomic E-state index is 5.26. The van der Waals surface area contributed by atoms with E-state index < -0.39 is 0 Å². The Morgan fingerprint density at radius 3 is 2.52 bits per heavy atom. The molecule has 0 aliphatic rings. The molecule has 4 nitrogen and oxygen atoms in total. The average Bonchev–Trinajstić information content (AvgIpc) is 2.56. The van der Waals surface area contributed by atoms with Crippen molar-refractivity contribution in [2.45, 2.75) is 6.92 Å². The van der Waals surface area contributed by atoms with Crippen LogP contribution in [-0.2, 0) is 0 Å². The Balaban J connectivity index is 1.90. The van der Waals surface area contributed by atoms with Crippen LogP contribution in [0.4, 0.5) is 5.69 Å². The Hall–Kier alpha value is -2.66. The van der Waals surface area contributed by atoms with Crippen LogP contribution in [0.2, 0.25) is 0 Å². The van der Waals surface area contributed by atoms with Crippen LogP contribution in [0.15, 0.2) is 65.3 Å². The van der Waals surface area contributed by atoms with E-state index in [-0.39, 0.29) is 0 Å². The molecule has 5 heteroatoms. The molecule has 2 rings (SSSR count). The van der Waals surface area contributed by atoms with Gasteiger partial charge in [0.1, 0.15) is 5.75 Å². The van der Waals surface area contributed by atoms with Gasteiger partial charge in [-0.05, 0) is 42.4 Å². The minimum atomic E-state index is 0.401. The standard InChI is InChI=1S/C18H19N3OS/c1-14(12-15-8-4-3-5-9-15)13-19-21-18(23)20-16-10-6-7-11-17(16)22-2/h3-13H,1-2H3,(H2,20,21,23)/b14-12+,19-13+. The molecule has 0 bridgehead atoms. The SMILES string of the molecule is COc1ccccc1NC(=S)N/N=C/C(C)=C/c1ccccc1. The fourth-order valence-electron chi connectivity index (χ4n) is 1.94. The van der Waals surface area contributed by atoms with Crippen LogP contribution in [0.5, 0.6) is 5.75 Å². The summed E-state index contributed by atoms with van der Waals surface area (Å²) < 4.78 is 5.26. The van der Waals surface area contributed by atoms with Gasteiger partial charge in [0.25, 0.3) is 0 Å². The van der Waals surface area contributed by atoms with Gasteiger partial charge < -0.3 is 10.1 Å². The van der Waals surface area contributed by atoms with Gasteiger partial charge in [-0.25, -0.2) is 0 Å². The van der Waals surface area contributed by atoms with Gasteiger partial charge in [0.15, 0.2) is 5.11 Å². The summed E-state index contributed by atoms with van der Waals surface area (Å²) in [6, 6.07) is 17.6. The number of rotatable bonds is 5. The number of nitrogens with zero attached hydrogens (tertiary/aromatic N) is 1. The lowest BCUT2D eigenvalue weighted by Crippen LogP contribution is -2.24. The first-order valence-electron chi connectivity index (χ1n) is 7.15. The lowest BCUT2D eigenvalue weighted by Gasteiger charge is -2.10. The van der Waals surface area contributed by atoms with Crippen LogP contribution in [-0.4, -0.2) is 18.4 Å². The Morgan fingerprint density at radius 2 is 1.78 bits per heavy atom. The van der Waals surface area contributed by atoms with Gasteiger partial charge in [0, 0.05) is 0 Å². The quantitative estimate of drug-likeness (QED) is 0.494. The van der Waals surface area contributed by atoms with E-state index in [2.05, 4.69) is 15.8 Å². The molecule has 0 saturated carbocycles. The summed E-state index contributed by atoms with van der Waals surface area (Å²) in [5, 5.41) is 7.58. The summed E-state index contributed by atoms with van der Waals surface area (Å²) in [7, 11) is 1.62. The highest BCUT2D eigenvalue weighted by Crippen LogP contribution is 2.22. The van der Waals surface area contributed by atoms with Gasteiger partial charge >= 0.3 is 0 Å². The van der Waals surface area contributed by atoms with Crippen molar-refractivity contribution < 1.29 is 4.74 Å². The molecule has 0 atom stereocenters. The van der Waals surface area contributed by atoms with E-state index in [0.29, 0.717) is 5.11 Å². The normalized spacial score (nSPS) is 11.3. The van der Waals surface area contributed by atoms with Crippen molar-refractivity contribution in [3.8, 4) is 5.75 Å². The molecule has 0 aromatic heterocycles. The highest BCUT2D eigenvalue weighted by Gasteiger charge is 2.02. The maximum Gasteiger partial charge on any atom is 0.191 e. The molecule has 23 heavy (non-hydrogen) atoms. The van der Waals surface area contributed by atoms with Crippen LogP contribution in [0.25, 0.3) is 6.08 Å². The maximum atomic E-state index is 5.26. The second kappa shape index (κ2) is 8.70. The fraction of sp³-hybridized carbons (Fsp3) is 0.111. The first-order valence-corrected chi connectivity index (χ1v) is 7.56. The third kappa shape index (κ3) is 5.56. The average molecular weight is 325 g/mol. The number of nitrogens with one attached hydrogen (secondary N) is 2. The van der Waals surface area contributed by atoms with Crippen molar-refractivity contribution in [3.63, 3.8) is 0 Å². The molecule has 0 radical (unpaired) electrons. The number of thiocarbonyl (C=S) groups is 1. The van der Waals surface area contributed by atoms with E-state index in [0.717, 1.165) is 22.6 Å². The molecule has 0 amide bonds. The Kier molecular flexibility index (Phi) is 6.32. The fourth-order valence-corrected chi connectivity index (χ4v) is 2.10. The highest BCUT2D eigenvalue weighted by atomic mass is 32.1. The Morgan fingerprint density at radius 1 is 1.09 bits per heavy atom. The molecule has 0 spiro atoms. The van der Waals surface area contributed by atoms with Gasteiger partial charge in [0.2, 0.25) is 0 Å². The van der Waals surface area contributed by atoms with Crippen LogP contribution in [0.1, 0.15) is 12.5 Å². The van der Waals surface area contributed by atoms with E-state index in [1.54, 1.807) is 13.3 Å². The number of methoxy groups -OCH3 is 1. The van der Waals surface area contributed by atoms with Crippen molar-refractivity contribution >= 4 is 35.3 Å². The number of hydrogen-bond acceptors (Lipinski definition) is 3. The number of hydrogen-bond donors (Lipinski definition) is 2. The van der Waals surface area contributed by atoms with E-state index in [9.17, 15) is 0 Å². The first-order chi connectivity index (χ1) is 11.2. The summed E-state index contributed by atoms with van der Waals surface area (Å²) in [6.07, 6.45) is 3.77. The predicted octanol–water partition coefficient (Wildman–Crippen LogP) is 4.07. The second-order valence-electron chi connectivity index (χ2n) is 4.82. The van der Waals surface area contributed by atoms with Crippen LogP contribution < -0.4 is 15.5 Å². The van der Waals surface area contributed by atoms with E-state index in [4.69, 9.17) is 17.0 Å². The predicted molar refractivity (Wildman–Crippen MR) is 101 cm³/mol. The zero-order valence-electron chi connectivity index (χ0n) is 13.1.